The van der Waals surface area contributed by atoms with Crippen LogP contribution in [0.5, 0.6) is 5.88 Å². The number of carbonyl (C=O) groups is 1. The lowest BCUT2D eigenvalue weighted by Gasteiger charge is -2.34. The number of aromatic hydroxyl groups is 1. The van der Waals surface area contributed by atoms with Gasteiger partial charge < -0.3 is 21.5 Å². The summed E-state index contributed by atoms with van der Waals surface area (Å²) in [5, 5.41) is 19.5. The van der Waals surface area contributed by atoms with Gasteiger partial charge in [0.2, 0.25) is 5.88 Å². The van der Waals surface area contributed by atoms with Crippen molar-refractivity contribution in [2.24, 2.45) is 33.5 Å². The first kappa shape index (κ1) is 34.7. The maximum Gasteiger partial charge on any atom is 0.258 e. The summed E-state index contributed by atoms with van der Waals surface area (Å²) < 4.78 is 1.20. The fourth-order valence-corrected chi connectivity index (χ4v) is 5.69. The van der Waals surface area contributed by atoms with Gasteiger partial charge in [0.1, 0.15) is 5.69 Å². The van der Waals surface area contributed by atoms with Crippen molar-refractivity contribution in [1.29, 1.82) is 0 Å². The number of carbonyl (C=O) groups excluding carboxylic acids is 1. The molecule has 0 radical (unpaired) electrons. The number of amides is 1. The lowest BCUT2D eigenvalue weighted by atomic mass is 9.90. The summed E-state index contributed by atoms with van der Waals surface area (Å²) in [4.78, 5) is 28.5. The number of hydrogen-bond acceptors (Lipinski definition) is 7. The van der Waals surface area contributed by atoms with Gasteiger partial charge in [-0.3, -0.25) is 9.59 Å². The zero-order chi connectivity index (χ0) is 32.2. The standard InChI is InChI=1S/C35H50N6O3/c1-6-13-30(36)25(8-3)22-40(23-26(9-4)31(37)14-7-2)34(43)27-17-19-28(20-18-27)38-39-33-24(5)21-32(42)41(35(33)44)29-15-11-10-12-16-29/h10-12,15-21,25-26,30-31,44H,6-9,13-14,22-23,36-37H2,1-5H3/b39-38+. The first-order valence-electron chi connectivity index (χ1n) is 16.0. The van der Waals surface area contributed by atoms with Crippen LogP contribution in [-0.2, 0) is 0 Å². The van der Waals surface area contributed by atoms with Gasteiger partial charge in [-0.05, 0) is 73.6 Å². The van der Waals surface area contributed by atoms with Crippen molar-refractivity contribution in [3.63, 3.8) is 0 Å². The Bertz CT molecular complexity index is 1400. The Balaban J connectivity index is 1.87. The average Bonchev–Trinajstić information content (AvgIpc) is 3.01. The quantitative estimate of drug-likeness (QED) is 0.151. The highest BCUT2D eigenvalue weighted by molar-refractivity contribution is 5.94. The van der Waals surface area contributed by atoms with Gasteiger partial charge in [0.05, 0.1) is 11.4 Å². The zero-order valence-electron chi connectivity index (χ0n) is 26.9. The van der Waals surface area contributed by atoms with Crippen molar-refractivity contribution in [3.8, 4) is 11.6 Å². The molecule has 0 bridgehead atoms. The number of aromatic nitrogens is 1. The molecule has 44 heavy (non-hydrogen) atoms. The van der Waals surface area contributed by atoms with E-state index in [0.29, 0.717) is 35.6 Å². The molecule has 9 heteroatoms. The lowest BCUT2D eigenvalue weighted by Crippen LogP contribution is -2.46. The topological polar surface area (TPSA) is 139 Å². The summed E-state index contributed by atoms with van der Waals surface area (Å²) in [5.74, 6) is 0.0519. The molecule has 5 N–H and O–H groups in total. The number of nitrogens with zero attached hydrogens (tertiary/aromatic N) is 4. The van der Waals surface area contributed by atoms with Crippen molar-refractivity contribution in [1.82, 2.24) is 9.47 Å². The van der Waals surface area contributed by atoms with E-state index in [9.17, 15) is 14.7 Å². The van der Waals surface area contributed by atoms with Gasteiger partial charge in [0, 0.05) is 36.8 Å². The van der Waals surface area contributed by atoms with E-state index in [4.69, 9.17) is 11.5 Å². The van der Waals surface area contributed by atoms with Crippen LogP contribution in [0.1, 0.15) is 82.1 Å². The van der Waals surface area contributed by atoms with Gasteiger partial charge in [-0.2, -0.15) is 5.11 Å². The van der Waals surface area contributed by atoms with E-state index >= 15 is 0 Å². The molecule has 3 rings (SSSR count). The molecule has 4 atom stereocenters. The molecule has 2 aromatic carbocycles. The highest BCUT2D eigenvalue weighted by Gasteiger charge is 2.27. The lowest BCUT2D eigenvalue weighted by molar-refractivity contribution is 0.0670. The third-order valence-electron chi connectivity index (χ3n) is 8.45. The molecule has 0 spiro atoms. The number of hydrogen-bond donors (Lipinski definition) is 3. The monoisotopic (exact) mass is 602 g/mol. The second kappa shape index (κ2) is 16.9. The highest BCUT2D eigenvalue weighted by atomic mass is 16.3. The van der Waals surface area contributed by atoms with Gasteiger partial charge >= 0.3 is 0 Å². The fourth-order valence-electron chi connectivity index (χ4n) is 5.69. The summed E-state index contributed by atoms with van der Waals surface area (Å²) in [5.41, 5.74) is 15.0. The van der Waals surface area contributed by atoms with Crippen LogP contribution in [0.4, 0.5) is 11.4 Å². The van der Waals surface area contributed by atoms with Gasteiger partial charge in [-0.25, -0.2) is 4.57 Å². The van der Waals surface area contributed by atoms with Crippen molar-refractivity contribution in [3.05, 3.63) is 82.1 Å². The molecule has 1 heterocycles. The molecule has 9 nitrogen and oxygen atoms in total. The maximum atomic E-state index is 13.9. The first-order chi connectivity index (χ1) is 21.1. The molecule has 1 amide bonds. The van der Waals surface area contributed by atoms with Crippen LogP contribution >= 0.6 is 0 Å². The zero-order valence-corrected chi connectivity index (χ0v) is 26.9. The van der Waals surface area contributed by atoms with E-state index in [1.54, 1.807) is 55.5 Å². The Morgan fingerprint density at radius 3 is 1.91 bits per heavy atom. The number of azo groups is 1. The number of pyridine rings is 1. The van der Waals surface area contributed by atoms with Crippen LogP contribution in [0.3, 0.4) is 0 Å². The van der Waals surface area contributed by atoms with Crippen molar-refractivity contribution in [2.45, 2.75) is 85.2 Å². The predicted molar refractivity (Wildman–Crippen MR) is 178 cm³/mol. The van der Waals surface area contributed by atoms with Crippen LogP contribution in [0, 0.1) is 18.8 Å². The molecule has 0 fully saturated rings. The number of benzene rings is 2. The van der Waals surface area contributed by atoms with E-state index < -0.39 is 0 Å². The first-order valence-corrected chi connectivity index (χ1v) is 16.0. The fraction of sp³-hybridized carbons (Fsp3) is 0.486. The molecular weight excluding hydrogens is 552 g/mol. The largest absolute Gasteiger partial charge is 0.493 e. The number of para-hydroxylation sites is 1. The smallest absolute Gasteiger partial charge is 0.258 e. The highest BCUT2D eigenvalue weighted by Crippen LogP contribution is 2.32. The number of rotatable bonds is 16. The molecule has 0 saturated carbocycles. The molecular formula is C35H50N6O3. The summed E-state index contributed by atoms with van der Waals surface area (Å²) in [7, 11) is 0. The predicted octanol–water partition coefficient (Wildman–Crippen LogP) is 7.02. The van der Waals surface area contributed by atoms with Crippen LogP contribution in [0.2, 0.25) is 0 Å². The molecule has 1 aromatic heterocycles. The Labute approximate surface area is 262 Å². The van der Waals surface area contributed by atoms with Gasteiger partial charge in [-0.15, -0.1) is 5.11 Å². The van der Waals surface area contributed by atoms with Crippen LogP contribution in [0.25, 0.3) is 5.69 Å². The summed E-state index contributed by atoms with van der Waals surface area (Å²) >= 11 is 0. The Morgan fingerprint density at radius 1 is 0.864 bits per heavy atom. The van der Waals surface area contributed by atoms with E-state index in [1.165, 1.54) is 10.6 Å². The third-order valence-corrected chi connectivity index (χ3v) is 8.45. The van der Waals surface area contributed by atoms with Crippen molar-refractivity contribution < 1.29 is 9.90 Å². The third kappa shape index (κ3) is 8.86. The molecule has 0 aliphatic rings. The van der Waals surface area contributed by atoms with Gasteiger partial charge in [-0.1, -0.05) is 71.6 Å². The van der Waals surface area contributed by atoms with Gasteiger partial charge in [0.25, 0.3) is 11.5 Å². The van der Waals surface area contributed by atoms with E-state index in [1.807, 2.05) is 11.0 Å². The summed E-state index contributed by atoms with van der Waals surface area (Å²) in [6.45, 7) is 11.4. The van der Waals surface area contributed by atoms with E-state index in [2.05, 4.69) is 37.9 Å². The normalized spacial score (nSPS) is 14.3. The summed E-state index contributed by atoms with van der Waals surface area (Å²) in [6.07, 6.45) is 5.64. The Kier molecular flexibility index (Phi) is 13.3. The minimum atomic E-state index is -0.362. The SMILES string of the molecule is CCCC(N)C(CC)CN(CC(CC)C(N)CCC)C(=O)c1ccc(/N=N/c2c(C)cc(=O)n(-c3ccccc3)c2O)cc1. The van der Waals surface area contributed by atoms with E-state index in [0.717, 1.165) is 38.5 Å². The number of nitrogens with two attached hydrogens (primary N) is 2. The Morgan fingerprint density at radius 2 is 1.41 bits per heavy atom. The van der Waals surface area contributed by atoms with Crippen LogP contribution < -0.4 is 17.0 Å². The summed E-state index contributed by atoms with van der Waals surface area (Å²) in [6, 6.07) is 17.3. The molecule has 4 unspecified atom stereocenters. The van der Waals surface area contributed by atoms with Crippen molar-refractivity contribution >= 4 is 17.3 Å². The van der Waals surface area contributed by atoms with Crippen LogP contribution in [-0.4, -0.2) is 45.7 Å². The van der Waals surface area contributed by atoms with E-state index in [-0.39, 0.29) is 47.0 Å². The second-order valence-electron chi connectivity index (χ2n) is 11.7. The minimum Gasteiger partial charge on any atom is -0.493 e. The molecule has 0 aliphatic heterocycles. The second-order valence-corrected chi connectivity index (χ2v) is 11.7. The average molecular weight is 603 g/mol. The van der Waals surface area contributed by atoms with Crippen LogP contribution in [0.15, 0.2) is 75.7 Å². The minimum absolute atomic E-state index is 0.0311. The molecule has 0 saturated heterocycles. The maximum absolute atomic E-state index is 13.9. The van der Waals surface area contributed by atoms with Crippen molar-refractivity contribution in [2.75, 3.05) is 13.1 Å². The number of aryl methyl sites for hydroxylation is 1. The Hall–Kier alpha value is -3.82. The molecule has 238 valence electrons. The molecule has 3 aromatic rings. The molecule has 0 aliphatic carbocycles. The van der Waals surface area contributed by atoms with Gasteiger partial charge in [0.15, 0.2) is 0 Å².